The molecule has 1 amide bonds. The summed E-state index contributed by atoms with van der Waals surface area (Å²) in [5.41, 5.74) is 3.55. The third-order valence-electron chi connectivity index (χ3n) is 3.73. The highest BCUT2D eigenvalue weighted by atomic mass is 16.6. The van der Waals surface area contributed by atoms with Crippen molar-refractivity contribution in [3.63, 3.8) is 0 Å². The van der Waals surface area contributed by atoms with Gasteiger partial charge >= 0.3 is 5.69 Å². The first-order chi connectivity index (χ1) is 13.3. The molecule has 146 valence electrons. The number of non-ortho nitro benzene ring substituents is 1. The minimum absolute atomic E-state index is 0.0157. The Balaban J connectivity index is 2.06. The Kier molecular flexibility index (Phi) is 6.74. The molecule has 28 heavy (non-hydrogen) atoms. The van der Waals surface area contributed by atoms with E-state index in [1.54, 1.807) is 19.9 Å². The summed E-state index contributed by atoms with van der Waals surface area (Å²) in [5, 5.41) is 25.8. The summed E-state index contributed by atoms with van der Waals surface area (Å²) < 4.78 is 5.23. The fraction of sp³-hybridized carbons (Fsp3) is 0.222. The minimum Gasteiger partial charge on any atom is -0.487 e. The van der Waals surface area contributed by atoms with Gasteiger partial charge in [-0.25, -0.2) is 5.43 Å². The highest BCUT2D eigenvalue weighted by molar-refractivity contribution is 6.00. The number of carbonyl (C=O) groups excluding carboxylic acids is 1. The first-order valence-electron chi connectivity index (χ1n) is 8.30. The zero-order chi connectivity index (χ0) is 20.7. The van der Waals surface area contributed by atoms with Crippen molar-refractivity contribution < 1.29 is 19.4 Å². The second-order valence-electron chi connectivity index (χ2n) is 5.71. The zero-order valence-electron chi connectivity index (χ0n) is 15.2. The fourth-order valence-corrected chi connectivity index (χ4v) is 2.33. The van der Waals surface area contributed by atoms with Crippen LogP contribution in [0.1, 0.15) is 25.0 Å². The normalized spacial score (nSPS) is 11.0. The van der Waals surface area contributed by atoms with Crippen molar-refractivity contribution in [1.82, 2.24) is 5.43 Å². The lowest BCUT2D eigenvalue weighted by atomic mass is 10.1. The van der Waals surface area contributed by atoms with Gasteiger partial charge in [0.25, 0.3) is 5.69 Å². The number of nitro benzene ring substituents is 2. The van der Waals surface area contributed by atoms with Gasteiger partial charge in [0.1, 0.15) is 0 Å². The Hall–Kier alpha value is -3.82. The van der Waals surface area contributed by atoms with Gasteiger partial charge in [0.15, 0.2) is 5.75 Å². The molecule has 2 rings (SSSR count). The minimum atomic E-state index is -0.547. The van der Waals surface area contributed by atoms with Gasteiger partial charge in [-0.15, -0.1) is 0 Å². The number of rotatable bonds is 8. The lowest BCUT2D eigenvalue weighted by Crippen LogP contribution is -2.21. The van der Waals surface area contributed by atoms with E-state index in [4.69, 9.17) is 4.74 Å². The number of benzene rings is 2. The molecule has 0 heterocycles. The van der Waals surface area contributed by atoms with Crippen LogP contribution < -0.4 is 10.2 Å². The second kappa shape index (κ2) is 9.21. The summed E-state index contributed by atoms with van der Waals surface area (Å²) in [7, 11) is 0. The summed E-state index contributed by atoms with van der Waals surface area (Å²) in [4.78, 5) is 32.7. The van der Waals surface area contributed by atoms with Crippen molar-refractivity contribution in [2.45, 2.75) is 20.3 Å². The van der Waals surface area contributed by atoms with E-state index in [0.717, 1.165) is 0 Å². The topological polar surface area (TPSA) is 137 Å². The predicted octanol–water partition coefficient (Wildman–Crippen LogP) is 2.98. The Bertz CT molecular complexity index is 924. The number of nitrogens with one attached hydrogen (secondary N) is 1. The molecule has 0 aliphatic rings. The molecule has 0 fully saturated rings. The van der Waals surface area contributed by atoms with E-state index in [-0.39, 0.29) is 23.5 Å². The van der Waals surface area contributed by atoms with Gasteiger partial charge in [-0.3, -0.25) is 25.0 Å². The Morgan fingerprint density at radius 2 is 1.79 bits per heavy atom. The summed E-state index contributed by atoms with van der Waals surface area (Å²) in [6.45, 7) is 3.63. The van der Waals surface area contributed by atoms with Gasteiger partial charge < -0.3 is 4.74 Å². The molecular formula is C18H18N4O6. The molecular weight excluding hydrogens is 368 g/mol. The molecule has 0 unspecified atom stereocenters. The van der Waals surface area contributed by atoms with Crippen LogP contribution in [0, 0.1) is 20.2 Å². The molecule has 0 aromatic heterocycles. The Labute approximate surface area is 160 Å². The van der Waals surface area contributed by atoms with E-state index >= 15 is 0 Å². The molecule has 0 bridgehead atoms. The van der Waals surface area contributed by atoms with E-state index in [1.807, 2.05) is 0 Å². The van der Waals surface area contributed by atoms with Crippen molar-refractivity contribution >= 4 is 23.0 Å². The first-order valence-corrected chi connectivity index (χ1v) is 8.30. The second-order valence-corrected chi connectivity index (χ2v) is 5.71. The zero-order valence-corrected chi connectivity index (χ0v) is 15.2. The monoisotopic (exact) mass is 386 g/mol. The number of nitro groups is 2. The molecule has 0 aliphatic heterocycles. The highest BCUT2D eigenvalue weighted by Crippen LogP contribution is 2.28. The molecule has 2 aromatic carbocycles. The van der Waals surface area contributed by atoms with E-state index in [9.17, 15) is 25.0 Å². The molecule has 0 saturated carbocycles. The Morgan fingerprint density at radius 1 is 1.11 bits per heavy atom. The van der Waals surface area contributed by atoms with Crippen molar-refractivity contribution in [2.24, 2.45) is 5.10 Å². The number of hydrazone groups is 1. The van der Waals surface area contributed by atoms with Crippen LogP contribution in [0.5, 0.6) is 5.75 Å². The number of carbonyl (C=O) groups is 1. The van der Waals surface area contributed by atoms with Crippen LogP contribution in [0.25, 0.3) is 0 Å². The van der Waals surface area contributed by atoms with Crippen molar-refractivity contribution in [3.8, 4) is 5.75 Å². The van der Waals surface area contributed by atoms with Gasteiger partial charge in [0, 0.05) is 23.8 Å². The lowest BCUT2D eigenvalue weighted by Gasteiger charge is -2.07. The predicted molar refractivity (Wildman–Crippen MR) is 101 cm³/mol. The largest absolute Gasteiger partial charge is 0.487 e. The van der Waals surface area contributed by atoms with Gasteiger partial charge in [-0.1, -0.05) is 12.1 Å². The summed E-state index contributed by atoms with van der Waals surface area (Å²) >= 11 is 0. The molecule has 10 heteroatoms. The van der Waals surface area contributed by atoms with Gasteiger partial charge in [-0.05, 0) is 31.5 Å². The average molecular weight is 386 g/mol. The molecule has 0 atom stereocenters. The maximum Gasteiger partial charge on any atom is 0.311 e. The molecule has 0 spiro atoms. The van der Waals surface area contributed by atoms with Crippen LogP contribution in [-0.2, 0) is 11.2 Å². The molecule has 1 N–H and O–H groups in total. The molecule has 0 saturated heterocycles. The fourth-order valence-electron chi connectivity index (χ4n) is 2.33. The van der Waals surface area contributed by atoms with Crippen LogP contribution >= 0.6 is 0 Å². The van der Waals surface area contributed by atoms with E-state index in [1.165, 1.54) is 36.4 Å². The maximum atomic E-state index is 12.0. The van der Waals surface area contributed by atoms with Gasteiger partial charge in [0.05, 0.1) is 28.6 Å². The van der Waals surface area contributed by atoms with Gasteiger partial charge in [0.2, 0.25) is 5.91 Å². The van der Waals surface area contributed by atoms with Crippen molar-refractivity contribution in [1.29, 1.82) is 0 Å². The molecule has 2 aromatic rings. The van der Waals surface area contributed by atoms with E-state index in [0.29, 0.717) is 23.4 Å². The first kappa shape index (κ1) is 20.5. The quantitative estimate of drug-likeness (QED) is 0.420. The van der Waals surface area contributed by atoms with Crippen molar-refractivity contribution in [2.75, 3.05) is 6.61 Å². The number of hydrogen-bond acceptors (Lipinski definition) is 7. The number of amides is 1. The average Bonchev–Trinajstić information content (AvgIpc) is 2.67. The molecule has 0 aliphatic carbocycles. The van der Waals surface area contributed by atoms with Crippen LogP contribution in [0.4, 0.5) is 11.4 Å². The SMILES string of the molecule is CCOc1ccc(/C(C)=N\NC(=O)Cc2ccc([N+](=O)[O-])cc2)cc1[N+](=O)[O-]. The summed E-state index contributed by atoms with van der Waals surface area (Å²) in [6, 6.07) is 10.0. The number of nitrogens with zero attached hydrogens (tertiary/aromatic N) is 3. The molecule has 0 radical (unpaired) electrons. The standard InChI is InChI=1S/C18H18N4O6/c1-3-28-17-9-6-14(11-16(17)22(26)27)12(2)19-20-18(23)10-13-4-7-15(8-5-13)21(24)25/h4-9,11H,3,10H2,1-2H3,(H,20,23)/b19-12-. The summed E-state index contributed by atoms with van der Waals surface area (Å²) in [6.07, 6.45) is -0.0157. The van der Waals surface area contributed by atoms with E-state index < -0.39 is 15.8 Å². The smallest absolute Gasteiger partial charge is 0.311 e. The third kappa shape index (κ3) is 5.34. The van der Waals surface area contributed by atoms with Crippen LogP contribution in [0.3, 0.4) is 0 Å². The van der Waals surface area contributed by atoms with Crippen molar-refractivity contribution in [3.05, 3.63) is 73.8 Å². The van der Waals surface area contributed by atoms with Crippen LogP contribution in [0.15, 0.2) is 47.6 Å². The molecule has 10 nitrogen and oxygen atoms in total. The maximum absolute atomic E-state index is 12.0. The third-order valence-corrected chi connectivity index (χ3v) is 3.73. The number of hydrogen-bond donors (Lipinski definition) is 1. The highest BCUT2D eigenvalue weighted by Gasteiger charge is 2.16. The Morgan fingerprint density at radius 3 is 2.36 bits per heavy atom. The van der Waals surface area contributed by atoms with Crippen LogP contribution in [0.2, 0.25) is 0 Å². The van der Waals surface area contributed by atoms with Crippen LogP contribution in [-0.4, -0.2) is 28.1 Å². The lowest BCUT2D eigenvalue weighted by molar-refractivity contribution is -0.385. The number of ether oxygens (including phenoxy) is 1. The van der Waals surface area contributed by atoms with Gasteiger partial charge in [-0.2, -0.15) is 5.10 Å². The van der Waals surface area contributed by atoms with E-state index in [2.05, 4.69) is 10.5 Å². The summed E-state index contributed by atoms with van der Waals surface area (Å²) in [5.74, 6) is -0.264.